The average Bonchev–Trinajstić information content (AvgIpc) is 2.57. The molecule has 1 heterocycles. The van der Waals surface area contributed by atoms with Crippen molar-refractivity contribution in [1.82, 2.24) is 14.6 Å². The second kappa shape index (κ2) is 7.09. The van der Waals surface area contributed by atoms with Gasteiger partial charge in [0.05, 0.1) is 5.71 Å². The van der Waals surface area contributed by atoms with Crippen molar-refractivity contribution in [2.45, 2.75) is 6.92 Å². The summed E-state index contributed by atoms with van der Waals surface area (Å²) in [6.07, 6.45) is 0. The first-order valence-electron chi connectivity index (χ1n) is 6.98. The van der Waals surface area contributed by atoms with E-state index in [0.717, 1.165) is 14.8 Å². The third-order valence-electron chi connectivity index (χ3n) is 3.35. The molecule has 0 unspecified atom stereocenters. The van der Waals surface area contributed by atoms with E-state index in [0.29, 0.717) is 0 Å². The number of aromatic hydroxyl groups is 1. The fraction of sp³-hybridized carbons (Fsp3) is 0.200. The molecule has 0 amide bonds. The van der Waals surface area contributed by atoms with Crippen molar-refractivity contribution in [3.8, 4) is 5.88 Å². The zero-order valence-electron chi connectivity index (χ0n) is 13.4. The summed E-state index contributed by atoms with van der Waals surface area (Å²) in [5, 5.41) is 17.2. The van der Waals surface area contributed by atoms with Gasteiger partial charge in [0.25, 0.3) is 5.56 Å². The molecular formula is C15H17N5O3S. The summed E-state index contributed by atoms with van der Waals surface area (Å²) in [7, 11) is 2.69. The van der Waals surface area contributed by atoms with Crippen molar-refractivity contribution in [1.29, 1.82) is 0 Å². The molecule has 0 aliphatic carbocycles. The highest BCUT2D eigenvalue weighted by molar-refractivity contribution is 7.80. The zero-order valence-corrected chi connectivity index (χ0v) is 14.2. The maximum atomic E-state index is 12.2. The number of hydrogen-bond donors (Lipinski definition) is 3. The molecule has 2 rings (SSSR count). The van der Waals surface area contributed by atoms with Crippen LogP contribution in [0.1, 0.15) is 12.5 Å². The molecule has 0 aliphatic rings. The Morgan fingerprint density at radius 3 is 2.42 bits per heavy atom. The molecule has 126 valence electrons. The van der Waals surface area contributed by atoms with Gasteiger partial charge in [0.2, 0.25) is 5.88 Å². The SMILES string of the molecule is C/C(=N\NC(=S)Nc1ccccc1)c1c(O)n(C)c(=O)n(C)c1=O. The van der Waals surface area contributed by atoms with Crippen LogP contribution in [0, 0.1) is 0 Å². The Hall–Kier alpha value is -2.94. The van der Waals surface area contributed by atoms with Gasteiger partial charge >= 0.3 is 5.69 Å². The summed E-state index contributed by atoms with van der Waals surface area (Å²) >= 11 is 5.11. The second-order valence-electron chi connectivity index (χ2n) is 5.03. The number of aromatic nitrogens is 2. The minimum atomic E-state index is -0.638. The van der Waals surface area contributed by atoms with E-state index < -0.39 is 17.1 Å². The van der Waals surface area contributed by atoms with E-state index in [1.807, 2.05) is 30.3 Å². The fourth-order valence-corrected chi connectivity index (χ4v) is 2.18. The lowest BCUT2D eigenvalue weighted by molar-refractivity contribution is 0.410. The van der Waals surface area contributed by atoms with Gasteiger partial charge in [0.15, 0.2) is 5.11 Å². The molecule has 9 heteroatoms. The van der Waals surface area contributed by atoms with Crippen LogP contribution in [0.4, 0.5) is 5.69 Å². The maximum Gasteiger partial charge on any atom is 0.333 e. The van der Waals surface area contributed by atoms with E-state index in [1.165, 1.54) is 21.0 Å². The monoisotopic (exact) mass is 347 g/mol. The second-order valence-corrected chi connectivity index (χ2v) is 5.44. The topological polar surface area (TPSA) is 101 Å². The Labute approximate surface area is 143 Å². The van der Waals surface area contributed by atoms with E-state index in [-0.39, 0.29) is 16.4 Å². The first-order valence-corrected chi connectivity index (χ1v) is 7.39. The first kappa shape index (κ1) is 17.4. The van der Waals surface area contributed by atoms with Crippen molar-refractivity contribution in [2.75, 3.05) is 5.32 Å². The number of nitrogens with zero attached hydrogens (tertiary/aromatic N) is 3. The van der Waals surface area contributed by atoms with Crippen LogP contribution < -0.4 is 22.0 Å². The van der Waals surface area contributed by atoms with E-state index >= 15 is 0 Å². The van der Waals surface area contributed by atoms with Crippen LogP contribution in [0.15, 0.2) is 45.0 Å². The van der Waals surface area contributed by atoms with Crippen LogP contribution in [0.25, 0.3) is 0 Å². The molecule has 0 fully saturated rings. The molecular weight excluding hydrogens is 330 g/mol. The lowest BCUT2D eigenvalue weighted by Gasteiger charge is -2.11. The number of benzene rings is 1. The number of anilines is 1. The number of nitrogens with one attached hydrogen (secondary N) is 2. The smallest absolute Gasteiger partial charge is 0.333 e. The minimum Gasteiger partial charge on any atom is -0.494 e. The van der Waals surface area contributed by atoms with Gasteiger partial charge < -0.3 is 10.4 Å². The van der Waals surface area contributed by atoms with Crippen LogP contribution in [0.3, 0.4) is 0 Å². The first-order chi connectivity index (χ1) is 11.3. The van der Waals surface area contributed by atoms with Crippen molar-refractivity contribution in [3.63, 3.8) is 0 Å². The molecule has 1 aromatic heterocycles. The molecule has 3 N–H and O–H groups in total. The van der Waals surface area contributed by atoms with Crippen LogP contribution in [0.5, 0.6) is 5.88 Å². The number of thiocarbonyl (C=S) groups is 1. The molecule has 0 spiro atoms. The zero-order chi connectivity index (χ0) is 17.9. The van der Waals surface area contributed by atoms with E-state index in [1.54, 1.807) is 0 Å². The molecule has 1 aromatic carbocycles. The molecule has 2 aromatic rings. The quantitative estimate of drug-likeness (QED) is 0.425. The van der Waals surface area contributed by atoms with Crippen molar-refractivity contribution < 1.29 is 5.11 Å². The summed E-state index contributed by atoms with van der Waals surface area (Å²) in [6.45, 7) is 1.53. The summed E-state index contributed by atoms with van der Waals surface area (Å²) < 4.78 is 1.87. The van der Waals surface area contributed by atoms with Gasteiger partial charge in [-0.15, -0.1) is 0 Å². The molecule has 0 saturated heterocycles. The van der Waals surface area contributed by atoms with E-state index in [9.17, 15) is 14.7 Å². The highest BCUT2D eigenvalue weighted by Gasteiger charge is 2.17. The minimum absolute atomic E-state index is 0.0744. The number of rotatable bonds is 3. The Balaban J connectivity index is 2.25. The van der Waals surface area contributed by atoms with Crippen LogP contribution in [0.2, 0.25) is 0 Å². The van der Waals surface area contributed by atoms with Crippen LogP contribution in [-0.2, 0) is 14.1 Å². The Morgan fingerprint density at radius 1 is 1.17 bits per heavy atom. The van der Waals surface area contributed by atoms with Gasteiger partial charge in [0.1, 0.15) is 5.56 Å². The van der Waals surface area contributed by atoms with E-state index in [4.69, 9.17) is 12.2 Å². The van der Waals surface area contributed by atoms with Gasteiger partial charge in [0, 0.05) is 19.8 Å². The van der Waals surface area contributed by atoms with Gasteiger partial charge in [-0.1, -0.05) is 18.2 Å². The standard InChI is InChI=1S/C15H17N5O3S/c1-9(11-12(21)19(2)15(23)20(3)13(11)22)17-18-14(24)16-10-7-5-4-6-8-10/h4-8,21H,1-3H3,(H2,16,18,24)/b17-9+. The molecule has 0 radical (unpaired) electrons. The lowest BCUT2D eigenvalue weighted by atomic mass is 10.2. The van der Waals surface area contributed by atoms with Gasteiger partial charge in [-0.05, 0) is 31.3 Å². The Bertz CT molecular complexity index is 915. The van der Waals surface area contributed by atoms with Crippen LogP contribution in [-0.4, -0.2) is 25.1 Å². The summed E-state index contributed by atoms with van der Waals surface area (Å²) in [4.78, 5) is 23.9. The van der Waals surface area contributed by atoms with E-state index in [2.05, 4.69) is 15.8 Å². The van der Waals surface area contributed by atoms with Gasteiger partial charge in [-0.2, -0.15) is 5.10 Å². The van der Waals surface area contributed by atoms with Crippen molar-refractivity contribution in [2.24, 2.45) is 19.2 Å². The Morgan fingerprint density at radius 2 is 1.79 bits per heavy atom. The molecule has 8 nitrogen and oxygen atoms in total. The fourth-order valence-electron chi connectivity index (χ4n) is 2.02. The molecule has 0 saturated carbocycles. The van der Waals surface area contributed by atoms with Crippen molar-refractivity contribution in [3.05, 3.63) is 56.7 Å². The van der Waals surface area contributed by atoms with Gasteiger partial charge in [-0.25, -0.2) is 4.79 Å². The third-order valence-corrected chi connectivity index (χ3v) is 3.55. The number of para-hydroxylation sites is 1. The predicted octanol–water partition coefficient (Wildman–Crippen LogP) is 0.500. The third kappa shape index (κ3) is 3.51. The summed E-state index contributed by atoms with van der Waals surface area (Å²) in [6, 6.07) is 9.25. The van der Waals surface area contributed by atoms with Gasteiger partial charge in [-0.3, -0.25) is 19.4 Å². The molecule has 0 aliphatic heterocycles. The normalized spacial score (nSPS) is 11.2. The number of hydrazone groups is 1. The van der Waals surface area contributed by atoms with Crippen molar-refractivity contribution >= 4 is 28.7 Å². The molecule has 24 heavy (non-hydrogen) atoms. The highest BCUT2D eigenvalue weighted by Crippen LogP contribution is 2.10. The number of hydrogen-bond acceptors (Lipinski definition) is 5. The maximum absolute atomic E-state index is 12.2. The predicted molar refractivity (Wildman–Crippen MR) is 96.6 cm³/mol. The molecule has 0 atom stereocenters. The highest BCUT2D eigenvalue weighted by atomic mass is 32.1. The van der Waals surface area contributed by atoms with Crippen LogP contribution >= 0.6 is 12.2 Å². The molecule has 0 bridgehead atoms. The summed E-state index contributed by atoms with van der Waals surface area (Å²) in [5.74, 6) is -0.451. The largest absolute Gasteiger partial charge is 0.494 e. The summed E-state index contributed by atoms with van der Waals surface area (Å²) in [5.41, 5.74) is 2.24. The average molecular weight is 347 g/mol. The Kier molecular flexibility index (Phi) is 5.14. The lowest BCUT2D eigenvalue weighted by Crippen LogP contribution is -2.40.